The van der Waals surface area contributed by atoms with Gasteiger partial charge in [-0.1, -0.05) is 57.9 Å². The highest BCUT2D eigenvalue weighted by atomic mass is 79.9. The number of benzene rings is 2. The van der Waals surface area contributed by atoms with E-state index in [9.17, 15) is 9.59 Å². The van der Waals surface area contributed by atoms with Crippen LogP contribution in [0.3, 0.4) is 0 Å². The summed E-state index contributed by atoms with van der Waals surface area (Å²) in [6.07, 6.45) is 0.273. The standard InChI is InChI=1S/C20H23BrN2O2/c1-14-7-9-16(10-8-14)12-19(24)23(15(2)20(25)22-3)13-17-5-4-6-18(21)11-17/h4-11,15H,12-13H2,1-3H3,(H,22,25)/t15-/m1/s1. The largest absolute Gasteiger partial charge is 0.357 e. The predicted molar refractivity (Wildman–Crippen MR) is 103 cm³/mol. The van der Waals surface area contributed by atoms with Crippen LogP contribution in [0.25, 0.3) is 0 Å². The first kappa shape index (κ1) is 19.2. The van der Waals surface area contributed by atoms with Gasteiger partial charge in [0.15, 0.2) is 0 Å². The third-order valence-electron chi connectivity index (χ3n) is 4.13. The van der Waals surface area contributed by atoms with Gasteiger partial charge in [-0.15, -0.1) is 0 Å². The maximum Gasteiger partial charge on any atom is 0.242 e. The summed E-state index contributed by atoms with van der Waals surface area (Å²) in [5, 5.41) is 2.63. The van der Waals surface area contributed by atoms with E-state index < -0.39 is 6.04 Å². The van der Waals surface area contributed by atoms with Crippen LogP contribution in [-0.2, 0) is 22.6 Å². The van der Waals surface area contributed by atoms with Crippen LogP contribution in [0.15, 0.2) is 53.0 Å². The topological polar surface area (TPSA) is 49.4 Å². The maximum absolute atomic E-state index is 12.9. The van der Waals surface area contributed by atoms with Crippen molar-refractivity contribution in [3.63, 3.8) is 0 Å². The minimum atomic E-state index is -0.540. The first-order valence-corrected chi connectivity index (χ1v) is 9.01. The first-order valence-electron chi connectivity index (χ1n) is 8.21. The van der Waals surface area contributed by atoms with E-state index in [1.807, 2.05) is 55.5 Å². The van der Waals surface area contributed by atoms with Gasteiger partial charge in [-0.05, 0) is 37.1 Å². The lowest BCUT2D eigenvalue weighted by atomic mass is 10.1. The Hall–Kier alpha value is -2.14. The quantitative estimate of drug-likeness (QED) is 0.803. The molecule has 4 nitrogen and oxygen atoms in total. The lowest BCUT2D eigenvalue weighted by molar-refractivity contribution is -0.139. The van der Waals surface area contributed by atoms with Crippen LogP contribution < -0.4 is 5.32 Å². The van der Waals surface area contributed by atoms with Gasteiger partial charge in [0.05, 0.1) is 6.42 Å². The van der Waals surface area contributed by atoms with Gasteiger partial charge in [0.1, 0.15) is 6.04 Å². The molecule has 1 atom stereocenters. The van der Waals surface area contributed by atoms with Crippen molar-refractivity contribution in [1.29, 1.82) is 0 Å². The number of hydrogen-bond acceptors (Lipinski definition) is 2. The number of hydrogen-bond donors (Lipinski definition) is 1. The zero-order chi connectivity index (χ0) is 18.4. The van der Waals surface area contributed by atoms with E-state index >= 15 is 0 Å². The molecule has 0 saturated carbocycles. The molecule has 132 valence electrons. The van der Waals surface area contributed by atoms with Gasteiger partial charge in [-0.3, -0.25) is 9.59 Å². The Labute approximate surface area is 157 Å². The number of likely N-dealkylation sites (N-methyl/N-ethyl adjacent to an activating group) is 1. The number of carbonyl (C=O) groups excluding carboxylic acids is 2. The monoisotopic (exact) mass is 402 g/mol. The Morgan fingerprint density at radius 3 is 2.40 bits per heavy atom. The van der Waals surface area contributed by atoms with Crippen molar-refractivity contribution in [2.75, 3.05) is 7.05 Å². The number of halogens is 1. The average molecular weight is 403 g/mol. The number of nitrogens with zero attached hydrogens (tertiary/aromatic N) is 1. The number of aryl methyl sites for hydroxylation is 1. The molecule has 0 heterocycles. The van der Waals surface area contributed by atoms with Crippen molar-refractivity contribution in [3.05, 3.63) is 69.7 Å². The Balaban J connectivity index is 2.21. The van der Waals surface area contributed by atoms with E-state index in [4.69, 9.17) is 0 Å². The van der Waals surface area contributed by atoms with Gasteiger partial charge in [-0.25, -0.2) is 0 Å². The molecule has 2 aromatic carbocycles. The number of amides is 2. The molecule has 0 aliphatic rings. The molecular formula is C20H23BrN2O2. The van der Waals surface area contributed by atoms with Crippen molar-refractivity contribution in [1.82, 2.24) is 10.2 Å². The van der Waals surface area contributed by atoms with E-state index in [0.717, 1.165) is 21.2 Å². The van der Waals surface area contributed by atoms with Crippen LogP contribution in [0.2, 0.25) is 0 Å². The Kier molecular flexibility index (Phi) is 6.76. The van der Waals surface area contributed by atoms with E-state index in [-0.39, 0.29) is 18.2 Å². The third kappa shape index (κ3) is 5.43. The molecule has 2 amide bonds. The van der Waals surface area contributed by atoms with Gasteiger partial charge in [-0.2, -0.15) is 0 Å². The fourth-order valence-corrected chi connectivity index (χ4v) is 3.05. The molecule has 0 unspecified atom stereocenters. The summed E-state index contributed by atoms with van der Waals surface area (Å²) in [6.45, 7) is 4.15. The molecule has 0 saturated heterocycles. The molecule has 0 fully saturated rings. The molecule has 0 spiro atoms. The molecule has 0 radical (unpaired) electrons. The van der Waals surface area contributed by atoms with Crippen molar-refractivity contribution in [2.24, 2.45) is 0 Å². The molecule has 0 aliphatic carbocycles. The Morgan fingerprint density at radius 1 is 1.12 bits per heavy atom. The molecule has 1 N–H and O–H groups in total. The maximum atomic E-state index is 12.9. The Bertz CT molecular complexity index is 744. The highest BCUT2D eigenvalue weighted by Crippen LogP contribution is 2.16. The zero-order valence-corrected chi connectivity index (χ0v) is 16.3. The normalized spacial score (nSPS) is 11.7. The van der Waals surface area contributed by atoms with E-state index in [0.29, 0.717) is 6.54 Å². The highest BCUT2D eigenvalue weighted by molar-refractivity contribution is 9.10. The molecule has 2 rings (SSSR count). The van der Waals surface area contributed by atoms with Gasteiger partial charge in [0.2, 0.25) is 11.8 Å². The molecule has 2 aromatic rings. The summed E-state index contributed by atoms with van der Waals surface area (Å²) in [4.78, 5) is 26.6. The summed E-state index contributed by atoms with van der Waals surface area (Å²) in [7, 11) is 1.58. The third-order valence-corrected chi connectivity index (χ3v) is 4.62. The van der Waals surface area contributed by atoms with Crippen molar-refractivity contribution < 1.29 is 9.59 Å². The average Bonchev–Trinajstić information content (AvgIpc) is 2.60. The van der Waals surface area contributed by atoms with Gasteiger partial charge >= 0.3 is 0 Å². The molecular weight excluding hydrogens is 380 g/mol. The lowest BCUT2D eigenvalue weighted by Gasteiger charge is -2.28. The molecule has 25 heavy (non-hydrogen) atoms. The summed E-state index contributed by atoms with van der Waals surface area (Å²) in [5.41, 5.74) is 3.07. The number of rotatable bonds is 6. The fraction of sp³-hybridized carbons (Fsp3) is 0.300. The second kappa shape index (κ2) is 8.81. The fourth-order valence-electron chi connectivity index (χ4n) is 2.61. The second-order valence-corrected chi connectivity index (χ2v) is 7.02. The molecule has 0 aliphatic heterocycles. The van der Waals surface area contributed by atoms with Crippen molar-refractivity contribution in [3.8, 4) is 0 Å². The van der Waals surface area contributed by atoms with Gasteiger partial charge in [0.25, 0.3) is 0 Å². The highest BCUT2D eigenvalue weighted by Gasteiger charge is 2.25. The molecule has 0 bridgehead atoms. The zero-order valence-electron chi connectivity index (χ0n) is 14.8. The van der Waals surface area contributed by atoms with Crippen LogP contribution >= 0.6 is 15.9 Å². The summed E-state index contributed by atoms with van der Waals surface area (Å²) < 4.78 is 0.948. The Morgan fingerprint density at radius 2 is 1.80 bits per heavy atom. The van der Waals surface area contributed by atoms with Crippen molar-refractivity contribution >= 4 is 27.7 Å². The van der Waals surface area contributed by atoms with E-state index in [1.165, 1.54) is 0 Å². The minimum Gasteiger partial charge on any atom is -0.357 e. The van der Waals surface area contributed by atoms with E-state index in [2.05, 4.69) is 21.2 Å². The SMILES string of the molecule is CNC(=O)[C@@H](C)N(Cc1cccc(Br)c1)C(=O)Cc1ccc(C)cc1. The number of carbonyl (C=O) groups is 2. The van der Waals surface area contributed by atoms with Gasteiger partial charge < -0.3 is 10.2 Å². The summed E-state index contributed by atoms with van der Waals surface area (Å²) in [5.74, 6) is -0.243. The predicted octanol–water partition coefficient (Wildman–Crippen LogP) is 3.46. The van der Waals surface area contributed by atoms with Gasteiger partial charge in [0, 0.05) is 18.1 Å². The summed E-state index contributed by atoms with van der Waals surface area (Å²) >= 11 is 3.45. The lowest BCUT2D eigenvalue weighted by Crippen LogP contribution is -2.47. The van der Waals surface area contributed by atoms with Crippen LogP contribution in [0, 0.1) is 6.92 Å². The second-order valence-electron chi connectivity index (χ2n) is 6.10. The number of nitrogens with one attached hydrogen (secondary N) is 1. The smallest absolute Gasteiger partial charge is 0.242 e. The van der Waals surface area contributed by atoms with E-state index in [1.54, 1.807) is 18.9 Å². The van der Waals surface area contributed by atoms with Crippen LogP contribution in [-0.4, -0.2) is 29.8 Å². The van der Waals surface area contributed by atoms with Crippen LogP contribution in [0.4, 0.5) is 0 Å². The van der Waals surface area contributed by atoms with Crippen LogP contribution in [0.1, 0.15) is 23.6 Å². The van der Waals surface area contributed by atoms with Crippen LogP contribution in [0.5, 0.6) is 0 Å². The molecule has 5 heteroatoms. The van der Waals surface area contributed by atoms with Crippen molar-refractivity contribution in [2.45, 2.75) is 32.9 Å². The first-order chi connectivity index (χ1) is 11.9. The molecule has 0 aromatic heterocycles. The minimum absolute atomic E-state index is 0.0695. The summed E-state index contributed by atoms with van der Waals surface area (Å²) in [6, 6.07) is 15.1.